The van der Waals surface area contributed by atoms with Crippen LogP contribution >= 0.6 is 11.8 Å². The van der Waals surface area contributed by atoms with E-state index in [1.165, 1.54) is 37.1 Å². The van der Waals surface area contributed by atoms with E-state index in [4.69, 9.17) is 4.42 Å². The third kappa shape index (κ3) is 2.79. The number of ketones is 1. The maximum absolute atomic E-state index is 13.8. The standard InChI is InChI=1S/C20H21FN2O2S/c21-16-4-2-1-3-15(16)18-22-23-19(25-18)26-11-17(24)20-8-12-5-13(9-20)7-14(6-12)10-20/h1-4,12-14H,5-11H2. The Balaban J connectivity index is 1.27. The van der Waals surface area contributed by atoms with Gasteiger partial charge in [-0.05, 0) is 68.4 Å². The van der Waals surface area contributed by atoms with Crippen molar-refractivity contribution in [2.24, 2.45) is 23.2 Å². The smallest absolute Gasteiger partial charge is 0.277 e. The number of nitrogens with zero attached hydrogens (tertiary/aromatic N) is 2. The Morgan fingerprint density at radius 3 is 2.42 bits per heavy atom. The Morgan fingerprint density at radius 1 is 1.12 bits per heavy atom. The molecule has 0 N–H and O–H groups in total. The lowest BCUT2D eigenvalue weighted by Crippen LogP contribution is -2.50. The van der Waals surface area contributed by atoms with E-state index in [2.05, 4.69) is 10.2 Å². The van der Waals surface area contributed by atoms with Gasteiger partial charge in [-0.2, -0.15) is 0 Å². The molecule has 6 heteroatoms. The maximum atomic E-state index is 13.8. The van der Waals surface area contributed by atoms with Crippen molar-refractivity contribution >= 4 is 17.5 Å². The highest BCUT2D eigenvalue weighted by Gasteiger charge is 2.54. The van der Waals surface area contributed by atoms with Crippen LogP contribution < -0.4 is 0 Å². The fraction of sp³-hybridized carbons (Fsp3) is 0.550. The minimum absolute atomic E-state index is 0.101. The zero-order valence-electron chi connectivity index (χ0n) is 14.5. The summed E-state index contributed by atoms with van der Waals surface area (Å²) < 4.78 is 19.4. The third-order valence-corrected chi connectivity index (χ3v) is 7.29. The fourth-order valence-electron chi connectivity index (χ4n) is 5.74. The van der Waals surface area contributed by atoms with Crippen molar-refractivity contribution in [3.63, 3.8) is 0 Å². The van der Waals surface area contributed by atoms with Gasteiger partial charge < -0.3 is 4.42 Å². The average Bonchev–Trinajstić information content (AvgIpc) is 3.07. The Bertz CT molecular complexity index is 815. The first-order valence-electron chi connectivity index (χ1n) is 9.36. The summed E-state index contributed by atoms with van der Waals surface area (Å²) in [6.07, 6.45) is 7.20. The summed E-state index contributed by atoms with van der Waals surface area (Å²) in [5.41, 5.74) is 0.190. The zero-order valence-corrected chi connectivity index (χ0v) is 15.3. The Hall–Kier alpha value is -1.69. The van der Waals surface area contributed by atoms with Crippen LogP contribution in [0.3, 0.4) is 0 Å². The van der Waals surface area contributed by atoms with Crippen LogP contribution in [0.2, 0.25) is 0 Å². The highest BCUT2D eigenvalue weighted by Crippen LogP contribution is 2.60. The number of hydrogen-bond donors (Lipinski definition) is 0. The highest BCUT2D eigenvalue weighted by atomic mass is 32.2. The topological polar surface area (TPSA) is 56.0 Å². The predicted molar refractivity (Wildman–Crippen MR) is 96.0 cm³/mol. The lowest BCUT2D eigenvalue weighted by molar-refractivity contribution is -0.141. The van der Waals surface area contributed by atoms with Gasteiger partial charge in [-0.1, -0.05) is 23.9 Å². The molecule has 0 aliphatic heterocycles. The van der Waals surface area contributed by atoms with Crippen molar-refractivity contribution in [2.75, 3.05) is 5.75 Å². The minimum atomic E-state index is -0.391. The normalized spacial score (nSPS) is 32.1. The van der Waals surface area contributed by atoms with Gasteiger partial charge in [0, 0.05) is 5.41 Å². The van der Waals surface area contributed by atoms with E-state index >= 15 is 0 Å². The largest absolute Gasteiger partial charge is 0.411 e. The average molecular weight is 372 g/mol. The lowest BCUT2D eigenvalue weighted by Gasteiger charge is -2.55. The molecule has 0 radical (unpaired) electrons. The van der Waals surface area contributed by atoms with Crippen LogP contribution in [0.15, 0.2) is 33.9 Å². The van der Waals surface area contributed by atoms with Crippen LogP contribution in [0.1, 0.15) is 38.5 Å². The SMILES string of the molecule is O=C(CSc1nnc(-c2ccccc2F)o1)C12CC3CC(CC(C3)C1)C2. The van der Waals surface area contributed by atoms with Gasteiger partial charge in [-0.25, -0.2) is 4.39 Å². The van der Waals surface area contributed by atoms with E-state index in [0.717, 1.165) is 37.0 Å². The summed E-state index contributed by atoms with van der Waals surface area (Å²) in [5.74, 6) is 2.74. The number of halogens is 1. The Kier molecular flexibility index (Phi) is 3.92. The molecule has 6 rings (SSSR count). The van der Waals surface area contributed by atoms with Gasteiger partial charge in [-0.3, -0.25) is 4.79 Å². The van der Waals surface area contributed by atoms with Gasteiger partial charge in [0.05, 0.1) is 11.3 Å². The summed E-state index contributed by atoms with van der Waals surface area (Å²) in [5, 5.41) is 8.24. The van der Waals surface area contributed by atoms with E-state index in [-0.39, 0.29) is 11.3 Å². The molecule has 4 nitrogen and oxygen atoms in total. The molecule has 1 aromatic heterocycles. The highest BCUT2D eigenvalue weighted by molar-refractivity contribution is 7.99. The van der Waals surface area contributed by atoms with Crippen molar-refractivity contribution in [1.82, 2.24) is 10.2 Å². The Labute approximate surface area is 156 Å². The van der Waals surface area contributed by atoms with Crippen LogP contribution in [0.5, 0.6) is 0 Å². The predicted octanol–water partition coefficient (Wildman–Crippen LogP) is 4.75. The van der Waals surface area contributed by atoms with E-state index in [1.54, 1.807) is 18.2 Å². The fourth-order valence-corrected chi connectivity index (χ4v) is 6.54. The van der Waals surface area contributed by atoms with E-state index in [9.17, 15) is 9.18 Å². The molecule has 0 saturated heterocycles. The van der Waals surface area contributed by atoms with Crippen molar-refractivity contribution in [2.45, 2.75) is 43.7 Å². The molecule has 0 atom stereocenters. The van der Waals surface area contributed by atoms with Crippen LogP contribution in [-0.4, -0.2) is 21.7 Å². The number of carbonyl (C=O) groups is 1. The van der Waals surface area contributed by atoms with Crippen LogP contribution in [0.4, 0.5) is 4.39 Å². The monoisotopic (exact) mass is 372 g/mol. The molecular weight excluding hydrogens is 351 g/mol. The van der Waals surface area contributed by atoms with Crippen LogP contribution in [0.25, 0.3) is 11.5 Å². The second kappa shape index (κ2) is 6.19. The van der Waals surface area contributed by atoms with Crippen molar-refractivity contribution in [3.8, 4) is 11.5 Å². The van der Waals surface area contributed by atoms with Gasteiger partial charge in [0.2, 0.25) is 0 Å². The molecule has 0 amide bonds. The summed E-state index contributed by atoms with van der Waals surface area (Å²) in [6.45, 7) is 0. The maximum Gasteiger partial charge on any atom is 0.277 e. The van der Waals surface area contributed by atoms with Crippen LogP contribution in [0, 0.1) is 29.0 Å². The summed E-state index contributed by atoms with van der Waals surface area (Å²) in [6, 6.07) is 6.32. The second-order valence-corrected chi connectivity index (χ2v) is 9.19. The molecule has 4 fully saturated rings. The van der Waals surface area contributed by atoms with Crippen LogP contribution in [-0.2, 0) is 4.79 Å². The molecule has 26 heavy (non-hydrogen) atoms. The number of aromatic nitrogens is 2. The lowest BCUT2D eigenvalue weighted by atomic mass is 9.48. The molecule has 4 aliphatic rings. The number of benzene rings is 1. The second-order valence-electron chi connectivity index (χ2n) is 8.26. The van der Waals surface area contributed by atoms with Gasteiger partial charge in [0.15, 0.2) is 0 Å². The van der Waals surface area contributed by atoms with E-state index < -0.39 is 5.82 Å². The number of carbonyl (C=O) groups excluding carboxylic acids is 1. The van der Waals surface area contributed by atoms with Gasteiger partial charge in [0.25, 0.3) is 11.1 Å². The molecular formula is C20H21FN2O2S. The molecule has 136 valence electrons. The first-order valence-corrected chi connectivity index (χ1v) is 10.3. The van der Waals surface area contributed by atoms with Crippen molar-refractivity contribution in [1.29, 1.82) is 0 Å². The summed E-state index contributed by atoms with van der Waals surface area (Å²) >= 11 is 1.29. The van der Waals surface area contributed by atoms with Crippen molar-refractivity contribution < 1.29 is 13.6 Å². The summed E-state index contributed by atoms with van der Waals surface area (Å²) in [4.78, 5) is 13.0. The van der Waals surface area contributed by atoms with Gasteiger partial charge in [0.1, 0.15) is 11.6 Å². The molecule has 1 aromatic carbocycles. The number of hydrogen-bond acceptors (Lipinski definition) is 5. The van der Waals surface area contributed by atoms with E-state index in [1.807, 2.05) is 0 Å². The molecule has 0 unspecified atom stereocenters. The number of rotatable bonds is 5. The third-order valence-electron chi connectivity index (χ3n) is 6.47. The first kappa shape index (κ1) is 16.5. The minimum Gasteiger partial charge on any atom is -0.411 e. The molecule has 0 spiro atoms. The quantitative estimate of drug-likeness (QED) is 0.709. The molecule has 4 bridgehead atoms. The molecule has 4 saturated carbocycles. The number of Topliss-reactive ketones (excluding diaryl/α,β-unsaturated/α-hetero) is 1. The van der Waals surface area contributed by atoms with Gasteiger partial charge in [-0.15, -0.1) is 10.2 Å². The molecule has 4 aliphatic carbocycles. The number of thioether (sulfide) groups is 1. The van der Waals surface area contributed by atoms with E-state index in [0.29, 0.717) is 22.3 Å². The Morgan fingerprint density at radius 2 is 1.77 bits per heavy atom. The molecule has 2 aromatic rings. The summed E-state index contributed by atoms with van der Waals surface area (Å²) in [7, 11) is 0. The van der Waals surface area contributed by atoms with Gasteiger partial charge >= 0.3 is 0 Å². The van der Waals surface area contributed by atoms with Crippen molar-refractivity contribution in [3.05, 3.63) is 30.1 Å². The zero-order chi connectivity index (χ0) is 17.7. The molecule has 1 heterocycles. The first-order chi connectivity index (χ1) is 12.6.